The van der Waals surface area contributed by atoms with Gasteiger partial charge in [-0.2, -0.15) is 0 Å². The summed E-state index contributed by atoms with van der Waals surface area (Å²) in [6, 6.07) is 6.81. The smallest absolute Gasteiger partial charge is 0.408 e. The minimum atomic E-state index is -4.03. The van der Waals surface area contributed by atoms with Crippen molar-refractivity contribution in [1.82, 2.24) is 30.1 Å². The lowest BCUT2D eigenvalue weighted by atomic mass is 9.66. The molecule has 0 spiro atoms. The Morgan fingerprint density at radius 2 is 1.64 bits per heavy atom. The van der Waals surface area contributed by atoms with Gasteiger partial charge in [-0.15, -0.1) is 6.58 Å². The predicted octanol–water partition coefficient (Wildman–Crippen LogP) is 6.61. The number of benzene rings is 1. The van der Waals surface area contributed by atoms with Gasteiger partial charge in [0.2, 0.25) is 27.7 Å². The van der Waals surface area contributed by atoms with E-state index in [0.29, 0.717) is 56.5 Å². The van der Waals surface area contributed by atoms with Gasteiger partial charge in [0.25, 0.3) is 5.91 Å². The van der Waals surface area contributed by atoms with Crippen molar-refractivity contribution in [2.24, 2.45) is 17.3 Å². The largest absolute Gasteiger partial charge is 0.489 e. The fourth-order valence-corrected chi connectivity index (χ4v) is 13.8. The van der Waals surface area contributed by atoms with Crippen LogP contribution in [0.3, 0.4) is 0 Å². The fourth-order valence-electron chi connectivity index (χ4n) is 12.5. The lowest BCUT2D eigenvalue weighted by Gasteiger charge is -2.48. The normalized spacial score (nSPS) is 34.9. The highest BCUT2D eigenvalue weighted by atomic mass is 32.2. The maximum atomic E-state index is 15.4. The van der Waals surface area contributed by atoms with Crippen LogP contribution in [0.4, 0.5) is 4.79 Å². The van der Waals surface area contributed by atoms with E-state index in [1.165, 1.54) is 17.7 Å². The third-order valence-corrected chi connectivity index (χ3v) is 19.7. The van der Waals surface area contributed by atoms with Crippen molar-refractivity contribution in [1.29, 1.82) is 0 Å². The molecule has 4 saturated carbocycles. The van der Waals surface area contributed by atoms with Gasteiger partial charge in [0.1, 0.15) is 41.7 Å². The summed E-state index contributed by atoms with van der Waals surface area (Å²) < 4.78 is 48.2. The van der Waals surface area contributed by atoms with E-state index in [2.05, 4.69) is 39.9 Å². The average molecular weight is 943 g/mol. The molecule has 1 aromatic carbocycles. The molecular weight excluding hydrogens is 873 g/mol. The monoisotopic (exact) mass is 942 g/mol. The van der Waals surface area contributed by atoms with Crippen molar-refractivity contribution in [2.45, 2.75) is 195 Å². The number of pyridine rings is 1. The van der Waals surface area contributed by atoms with Crippen LogP contribution in [0.25, 0.3) is 10.9 Å². The Kier molecular flexibility index (Phi) is 12.3. The molecule has 16 heteroatoms. The molecule has 364 valence electrons. The maximum absolute atomic E-state index is 15.4. The molecule has 0 radical (unpaired) electrons. The molecule has 1 aromatic heterocycles. The summed E-state index contributed by atoms with van der Waals surface area (Å²) in [5.41, 5.74) is -0.609. The Morgan fingerprint density at radius 3 is 2.34 bits per heavy atom. The highest BCUT2D eigenvalue weighted by molar-refractivity contribution is 7.91. The first-order valence-corrected chi connectivity index (χ1v) is 26.8. The summed E-state index contributed by atoms with van der Waals surface area (Å²) >= 11 is 0. The number of fused-ring (bicyclic) bond motifs is 7. The average Bonchev–Trinajstić information content (AvgIpc) is 4.17. The van der Waals surface area contributed by atoms with Gasteiger partial charge < -0.3 is 34.6 Å². The van der Waals surface area contributed by atoms with Crippen LogP contribution in [0, 0.1) is 17.3 Å². The van der Waals surface area contributed by atoms with Crippen LogP contribution < -0.4 is 24.8 Å². The molecule has 67 heavy (non-hydrogen) atoms. The first kappa shape index (κ1) is 46.3. The van der Waals surface area contributed by atoms with Gasteiger partial charge in [0, 0.05) is 29.8 Å². The van der Waals surface area contributed by atoms with E-state index in [-0.39, 0.29) is 37.5 Å². The second-order valence-corrected chi connectivity index (χ2v) is 24.2. The number of carbonyl (C=O) groups is 4. The molecule has 15 nitrogen and oxygen atoms in total. The van der Waals surface area contributed by atoms with Gasteiger partial charge in [-0.3, -0.25) is 19.1 Å². The number of ether oxygens (including phenoxy) is 3. The summed E-state index contributed by atoms with van der Waals surface area (Å²) in [6.45, 7) is 7.58. The minimum Gasteiger partial charge on any atom is -0.489 e. The third-order valence-electron chi connectivity index (χ3n) is 17.5. The number of sulfonamides is 1. The molecule has 10 rings (SSSR count). The first-order valence-electron chi connectivity index (χ1n) is 25.4. The Balaban J connectivity index is 1.02. The number of aromatic nitrogens is 1. The van der Waals surface area contributed by atoms with Crippen LogP contribution in [0.15, 0.2) is 36.9 Å². The molecule has 4 aliphatic carbocycles. The number of rotatable bonds is 9. The lowest BCUT2D eigenvalue weighted by Crippen LogP contribution is -2.70. The van der Waals surface area contributed by atoms with E-state index in [1.54, 1.807) is 13.0 Å². The zero-order chi connectivity index (χ0) is 46.9. The summed E-state index contributed by atoms with van der Waals surface area (Å²) in [4.78, 5) is 67.7. The summed E-state index contributed by atoms with van der Waals surface area (Å²) in [7, 11) is -1.81. The molecule has 2 aromatic rings. The number of amides is 4. The van der Waals surface area contributed by atoms with Crippen molar-refractivity contribution in [3.8, 4) is 11.6 Å². The minimum absolute atomic E-state index is 0.00417. The number of carbonyl (C=O) groups excluding carboxylic acids is 4. The van der Waals surface area contributed by atoms with Gasteiger partial charge in [-0.05, 0) is 127 Å². The van der Waals surface area contributed by atoms with Gasteiger partial charge in [0.15, 0.2) is 0 Å². The fraction of sp³-hybridized carbons (Fsp3) is 0.706. The molecule has 4 aliphatic heterocycles. The topological polar surface area (TPSA) is 186 Å². The molecule has 4 bridgehead atoms. The van der Waals surface area contributed by atoms with E-state index in [4.69, 9.17) is 19.2 Å². The molecule has 2 unspecified atom stereocenters. The number of hydrogen-bond acceptors (Lipinski definition) is 11. The van der Waals surface area contributed by atoms with Gasteiger partial charge >= 0.3 is 6.09 Å². The number of piperidine rings is 1. The van der Waals surface area contributed by atoms with Crippen LogP contribution in [0.5, 0.6) is 11.6 Å². The Labute approximate surface area is 395 Å². The molecule has 7 fully saturated rings. The number of para-hydroxylation sites is 1. The molecule has 5 heterocycles. The SMILES string of the molecule is C=C[C@@H]1CC[C@]1(NC(=O)[C@@H]1C[C@@H]2CN1C(=O)[C@H](C1(C)CCCCC1)NC(=O)O[C@@H]1C[C@H]1CCCCCc1c(nc3ccccc3c1OC1CC3CCC(C1)N3C)O2)C(=O)NS(=O)(=O)C1(C)CC1. The number of alkyl carbamates (subject to hydrolysis) is 1. The van der Waals surface area contributed by atoms with Crippen molar-refractivity contribution < 1.29 is 41.8 Å². The van der Waals surface area contributed by atoms with Crippen LogP contribution in [0.1, 0.15) is 141 Å². The van der Waals surface area contributed by atoms with Gasteiger partial charge in [-0.25, -0.2) is 18.2 Å². The molecule has 3 saturated heterocycles. The van der Waals surface area contributed by atoms with Crippen LogP contribution in [0.2, 0.25) is 0 Å². The number of nitrogens with one attached hydrogen (secondary N) is 3. The van der Waals surface area contributed by atoms with E-state index in [0.717, 1.165) is 86.4 Å². The van der Waals surface area contributed by atoms with Crippen molar-refractivity contribution in [3.05, 3.63) is 42.5 Å². The summed E-state index contributed by atoms with van der Waals surface area (Å²) in [5.74, 6) is -0.917. The van der Waals surface area contributed by atoms with Crippen LogP contribution in [-0.2, 0) is 35.6 Å². The standard InChI is InChI=1S/C51H70N6O9S/c1-5-32-20-23-51(32,47(60)55-67(62,63)50(3)24-25-50)54-44(58)40-29-36-30-57(40)46(59)43(49(2)21-12-7-13-22-49)53-48(61)66-41-26-31(41)14-8-6-9-16-38-42(37-15-10-11-17-39(37)52-45(38)65-36)64-35-27-33-18-19-34(28-35)56(33)4/h5,10-11,15,17,31-36,40-41,43H,1,6-9,12-14,16,18-30H2,2-4H3,(H,53,61)(H,54,58)(H,55,60)/t31-,32-,33?,34?,35?,36-,40+,41-,43-,51-/m1/s1. The number of hydrogen-bond donors (Lipinski definition) is 3. The highest BCUT2D eigenvalue weighted by Crippen LogP contribution is 2.47. The molecule has 9 atom stereocenters. The van der Waals surface area contributed by atoms with Crippen LogP contribution in [-0.4, -0.2) is 113 Å². The van der Waals surface area contributed by atoms with Gasteiger partial charge in [0.05, 0.1) is 22.4 Å². The first-order chi connectivity index (χ1) is 32.1. The Hall–Kier alpha value is -4.44. The molecule has 4 amide bonds. The highest BCUT2D eigenvalue weighted by Gasteiger charge is 2.59. The van der Waals surface area contributed by atoms with E-state index in [1.807, 2.05) is 25.1 Å². The molecular formula is C51H70N6O9S. The predicted molar refractivity (Wildman–Crippen MR) is 252 cm³/mol. The van der Waals surface area contributed by atoms with Crippen LogP contribution >= 0.6 is 0 Å². The maximum Gasteiger partial charge on any atom is 0.408 e. The van der Waals surface area contributed by atoms with Crippen molar-refractivity contribution in [3.63, 3.8) is 0 Å². The lowest BCUT2D eigenvalue weighted by molar-refractivity contribution is -0.146. The Bertz CT molecular complexity index is 2390. The van der Waals surface area contributed by atoms with E-state index in [9.17, 15) is 18.0 Å². The van der Waals surface area contributed by atoms with Crippen molar-refractivity contribution in [2.75, 3.05) is 13.6 Å². The second-order valence-electron chi connectivity index (χ2n) is 22.0. The Morgan fingerprint density at radius 1 is 0.910 bits per heavy atom. The van der Waals surface area contributed by atoms with E-state index >= 15 is 9.59 Å². The zero-order valence-corrected chi connectivity index (χ0v) is 40.4. The number of nitrogens with zero attached hydrogens (tertiary/aromatic N) is 3. The molecule has 8 aliphatic rings. The van der Waals surface area contributed by atoms with Gasteiger partial charge in [-0.1, -0.05) is 57.2 Å². The third kappa shape index (κ3) is 8.80. The summed E-state index contributed by atoms with van der Waals surface area (Å²) in [6.07, 6.45) is 15.2. The molecule has 3 N–H and O–H groups in total. The van der Waals surface area contributed by atoms with E-state index < -0.39 is 73.6 Å². The second kappa shape index (κ2) is 17.8. The van der Waals surface area contributed by atoms with Crippen molar-refractivity contribution >= 4 is 44.7 Å². The zero-order valence-electron chi connectivity index (χ0n) is 39.6. The quantitative estimate of drug-likeness (QED) is 0.230. The summed E-state index contributed by atoms with van der Waals surface area (Å²) in [5, 5.41) is 6.95.